The van der Waals surface area contributed by atoms with Crippen LogP contribution in [0.3, 0.4) is 0 Å². The van der Waals surface area contributed by atoms with E-state index in [1.165, 1.54) is 0 Å². The lowest BCUT2D eigenvalue weighted by Gasteiger charge is -2.27. The minimum Gasteiger partial charge on any atom is -0.389 e. The number of hydrogen-bond donors (Lipinski definition) is 2. The summed E-state index contributed by atoms with van der Waals surface area (Å²) in [5.74, 6) is 0.0936. The minimum absolute atomic E-state index is 0.0936. The summed E-state index contributed by atoms with van der Waals surface area (Å²) in [5, 5.41) is 10.9. The normalized spacial score (nSPS) is 12.3. The molecular formula is C17H24N2O2. The van der Waals surface area contributed by atoms with E-state index in [-0.39, 0.29) is 5.78 Å². The molecule has 0 spiro atoms. The zero-order valence-electron chi connectivity index (χ0n) is 13.2. The van der Waals surface area contributed by atoms with Gasteiger partial charge >= 0.3 is 0 Å². The number of carbonyl (C=O) groups is 1. The highest BCUT2D eigenvalue weighted by Crippen LogP contribution is 2.22. The number of aliphatic hydroxyl groups is 1. The number of aromatic nitrogens is 1. The van der Waals surface area contributed by atoms with Crippen LogP contribution in [0.4, 0.5) is 0 Å². The van der Waals surface area contributed by atoms with Crippen LogP contribution in [0.25, 0.3) is 10.9 Å². The average molecular weight is 288 g/mol. The fraction of sp³-hybridized carbons (Fsp3) is 0.471. The number of fused-ring (bicyclic) bond motifs is 1. The molecule has 0 bridgehead atoms. The molecule has 2 rings (SSSR count). The van der Waals surface area contributed by atoms with Crippen molar-refractivity contribution in [2.75, 3.05) is 19.6 Å². The highest BCUT2D eigenvalue weighted by molar-refractivity contribution is 6.10. The fourth-order valence-electron chi connectivity index (χ4n) is 2.74. The lowest BCUT2D eigenvalue weighted by Crippen LogP contribution is -2.41. The molecule has 0 saturated carbocycles. The van der Waals surface area contributed by atoms with Crippen molar-refractivity contribution in [3.63, 3.8) is 0 Å². The number of rotatable bonds is 6. The molecule has 21 heavy (non-hydrogen) atoms. The zero-order valence-corrected chi connectivity index (χ0v) is 13.2. The Morgan fingerprint density at radius 1 is 1.33 bits per heavy atom. The van der Waals surface area contributed by atoms with Crippen LogP contribution < -0.4 is 0 Å². The van der Waals surface area contributed by atoms with Gasteiger partial charge in [0, 0.05) is 28.7 Å². The van der Waals surface area contributed by atoms with Gasteiger partial charge in [0.15, 0.2) is 5.78 Å². The number of benzene rings is 1. The molecule has 0 saturated heterocycles. The third-order valence-corrected chi connectivity index (χ3v) is 3.60. The van der Waals surface area contributed by atoms with Gasteiger partial charge in [-0.25, -0.2) is 0 Å². The Morgan fingerprint density at radius 3 is 2.62 bits per heavy atom. The van der Waals surface area contributed by atoms with Crippen LogP contribution in [0.2, 0.25) is 0 Å². The number of carbonyl (C=O) groups excluding carboxylic acids is 1. The summed E-state index contributed by atoms with van der Waals surface area (Å²) in [6.07, 6.45) is 0. The third kappa shape index (κ3) is 3.71. The molecule has 0 aliphatic heterocycles. The molecule has 1 aromatic heterocycles. The number of hydrogen-bond acceptors (Lipinski definition) is 3. The minimum atomic E-state index is -0.800. The molecule has 0 unspecified atom stereocenters. The predicted octanol–water partition coefficient (Wildman–Crippen LogP) is 2.75. The van der Waals surface area contributed by atoms with Crippen molar-refractivity contribution < 1.29 is 9.90 Å². The molecule has 0 atom stereocenters. The highest BCUT2D eigenvalue weighted by atomic mass is 16.3. The highest BCUT2D eigenvalue weighted by Gasteiger charge is 2.22. The van der Waals surface area contributed by atoms with Crippen molar-refractivity contribution in [2.45, 2.75) is 33.3 Å². The van der Waals surface area contributed by atoms with Crippen LogP contribution in [0, 0.1) is 6.92 Å². The standard InChI is InChI=1S/C17H24N2O2/c1-5-19(11-17(3,4)21)10-15(20)16-12(2)18-14-9-7-6-8-13(14)16/h6-9,18,21H,5,10-11H2,1-4H3. The maximum absolute atomic E-state index is 12.7. The van der Waals surface area contributed by atoms with E-state index in [4.69, 9.17) is 0 Å². The van der Waals surface area contributed by atoms with Crippen LogP contribution in [0.1, 0.15) is 36.8 Å². The first-order chi connectivity index (χ1) is 9.81. The molecule has 0 aliphatic carbocycles. The summed E-state index contributed by atoms with van der Waals surface area (Å²) in [6.45, 7) is 8.99. The second-order valence-corrected chi connectivity index (χ2v) is 6.21. The number of H-pyrrole nitrogens is 1. The summed E-state index contributed by atoms with van der Waals surface area (Å²) in [7, 11) is 0. The number of para-hydroxylation sites is 1. The number of likely N-dealkylation sites (N-methyl/N-ethyl adjacent to an activating group) is 1. The van der Waals surface area contributed by atoms with Crippen molar-refractivity contribution in [3.8, 4) is 0 Å². The first-order valence-corrected chi connectivity index (χ1v) is 7.37. The van der Waals surface area contributed by atoms with Crippen molar-refractivity contribution in [1.29, 1.82) is 0 Å². The molecule has 2 N–H and O–H groups in total. The average Bonchev–Trinajstić information content (AvgIpc) is 2.72. The summed E-state index contributed by atoms with van der Waals surface area (Å²) in [5.41, 5.74) is 1.86. The Morgan fingerprint density at radius 2 is 2.00 bits per heavy atom. The predicted molar refractivity (Wildman–Crippen MR) is 85.8 cm³/mol. The van der Waals surface area contributed by atoms with Gasteiger partial charge in [0.1, 0.15) is 0 Å². The quantitative estimate of drug-likeness (QED) is 0.804. The van der Waals surface area contributed by atoms with Crippen LogP contribution >= 0.6 is 0 Å². The molecule has 4 heteroatoms. The fourth-order valence-corrected chi connectivity index (χ4v) is 2.74. The van der Waals surface area contributed by atoms with Crippen molar-refractivity contribution in [3.05, 3.63) is 35.5 Å². The lowest BCUT2D eigenvalue weighted by atomic mass is 10.0. The van der Waals surface area contributed by atoms with E-state index in [1.807, 2.05) is 43.0 Å². The molecule has 0 amide bonds. The Hall–Kier alpha value is -1.65. The molecule has 2 aromatic rings. The number of aromatic amines is 1. The van der Waals surface area contributed by atoms with E-state index >= 15 is 0 Å². The second-order valence-electron chi connectivity index (χ2n) is 6.21. The molecule has 0 radical (unpaired) electrons. The molecular weight excluding hydrogens is 264 g/mol. The van der Waals surface area contributed by atoms with Gasteiger partial charge in [0.05, 0.1) is 12.1 Å². The Labute approximate surface area is 125 Å². The van der Waals surface area contributed by atoms with Crippen LogP contribution in [-0.4, -0.2) is 46.0 Å². The van der Waals surface area contributed by atoms with E-state index in [9.17, 15) is 9.90 Å². The Bertz CT molecular complexity index is 638. The van der Waals surface area contributed by atoms with E-state index < -0.39 is 5.60 Å². The molecule has 4 nitrogen and oxygen atoms in total. The Balaban J connectivity index is 2.24. The topological polar surface area (TPSA) is 56.3 Å². The van der Waals surface area contributed by atoms with Crippen molar-refractivity contribution in [2.24, 2.45) is 0 Å². The second kappa shape index (κ2) is 6.00. The number of aryl methyl sites for hydroxylation is 1. The van der Waals surface area contributed by atoms with Gasteiger partial charge in [0.2, 0.25) is 0 Å². The SMILES string of the molecule is CCN(CC(=O)c1c(C)[nH]c2ccccc12)CC(C)(C)O. The smallest absolute Gasteiger partial charge is 0.179 e. The van der Waals surface area contributed by atoms with Gasteiger partial charge in [-0.1, -0.05) is 25.1 Å². The largest absolute Gasteiger partial charge is 0.389 e. The van der Waals surface area contributed by atoms with Crippen LogP contribution in [0.15, 0.2) is 24.3 Å². The van der Waals surface area contributed by atoms with Gasteiger partial charge in [0.25, 0.3) is 0 Å². The number of nitrogens with one attached hydrogen (secondary N) is 1. The first-order valence-electron chi connectivity index (χ1n) is 7.37. The summed E-state index contributed by atoms with van der Waals surface area (Å²) in [6, 6.07) is 7.85. The molecule has 0 aliphatic rings. The Kier molecular flexibility index (Phi) is 4.49. The molecule has 1 aromatic carbocycles. The number of Topliss-reactive ketones (excluding diaryl/α,β-unsaturated/α-hetero) is 1. The zero-order chi connectivity index (χ0) is 15.6. The van der Waals surface area contributed by atoms with Gasteiger partial charge < -0.3 is 10.1 Å². The lowest BCUT2D eigenvalue weighted by molar-refractivity contribution is 0.0376. The molecule has 114 valence electrons. The van der Waals surface area contributed by atoms with Crippen molar-refractivity contribution >= 4 is 16.7 Å². The van der Waals surface area contributed by atoms with Gasteiger partial charge in [-0.2, -0.15) is 0 Å². The molecule has 1 heterocycles. The maximum atomic E-state index is 12.7. The van der Waals surface area contributed by atoms with Crippen molar-refractivity contribution in [1.82, 2.24) is 9.88 Å². The first kappa shape index (κ1) is 15.7. The van der Waals surface area contributed by atoms with Crippen LogP contribution in [0.5, 0.6) is 0 Å². The monoisotopic (exact) mass is 288 g/mol. The molecule has 0 fully saturated rings. The third-order valence-electron chi connectivity index (χ3n) is 3.60. The van der Waals surface area contributed by atoms with Gasteiger partial charge in [-0.05, 0) is 33.4 Å². The summed E-state index contributed by atoms with van der Waals surface area (Å²) in [4.78, 5) is 17.9. The summed E-state index contributed by atoms with van der Waals surface area (Å²) < 4.78 is 0. The van der Waals surface area contributed by atoms with Gasteiger partial charge in [-0.15, -0.1) is 0 Å². The maximum Gasteiger partial charge on any atom is 0.179 e. The van der Waals surface area contributed by atoms with E-state index in [0.29, 0.717) is 13.1 Å². The van der Waals surface area contributed by atoms with Gasteiger partial charge in [-0.3, -0.25) is 9.69 Å². The van der Waals surface area contributed by atoms with E-state index in [0.717, 1.165) is 28.7 Å². The number of nitrogens with zero attached hydrogens (tertiary/aromatic N) is 1. The van der Waals surface area contributed by atoms with Crippen LogP contribution in [-0.2, 0) is 0 Å². The number of ketones is 1. The summed E-state index contributed by atoms with van der Waals surface area (Å²) >= 11 is 0. The van der Waals surface area contributed by atoms with E-state index in [2.05, 4.69) is 4.98 Å². The van der Waals surface area contributed by atoms with E-state index in [1.54, 1.807) is 13.8 Å².